The van der Waals surface area contributed by atoms with Gasteiger partial charge in [0.25, 0.3) is 0 Å². The second kappa shape index (κ2) is 10.3. The molecule has 0 bridgehead atoms. The Morgan fingerprint density at radius 2 is 1.52 bits per heavy atom. The Morgan fingerprint density at radius 1 is 0.952 bits per heavy atom. The Hall–Kier alpha value is -0.502. The third-order valence-electron chi connectivity index (χ3n) is 3.46. The molecule has 0 saturated heterocycles. The molecule has 0 amide bonds. The Morgan fingerprint density at radius 3 is 2.00 bits per heavy atom. The van der Waals surface area contributed by atoms with E-state index in [-0.39, 0.29) is 0 Å². The molecule has 1 rings (SSSR count). The predicted molar refractivity (Wildman–Crippen MR) is 90.1 cm³/mol. The first-order valence-corrected chi connectivity index (χ1v) is 11.6. The average Bonchev–Trinajstić information content (AvgIpc) is 2.53. The van der Waals surface area contributed by atoms with Crippen molar-refractivity contribution in [1.82, 2.24) is 3.82 Å². The quantitative estimate of drug-likeness (QED) is 0.568. The molecule has 0 N–H and O–H groups in total. The third kappa shape index (κ3) is 5.65. The zero-order chi connectivity index (χ0) is 15.6. The summed E-state index contributed by atoms with van der Waals surface area (Å²) >= 11 is -3.67. The van der Waals surface area contributed by atoms with Crippen molar-refractivity contribution in [2.24, 2.45) is 0 Å². The van der Waals surface area contributed by atoms with Gasteiger partial charge in [0, 0.05) is 0 Å². The normalized spacial score (nSPS) is 14.3. The summed E-state index contributed by atoms with van der Waals surface area (Å²) in [4.78, 5) is 0. The average molecular weight is 355 g/mol. The van der Waals surface area contributed by atoms with Crippen LogP contribution >= 0.6 is 0 Å². The van der Waals surface area contributed by atoms with Gasteiger partial charge in [0.1, 0.15) is 0 Å². The molecule has 4 heteroatoms. The molecule has 21 heavy (non-hydrogen) atoms. The van der Waals surface area contributed by atoms with Crippen LogP contribution in [-0.4, -0.2) is 37.6 Å². The Balaban J connectivity index is 3.02. The summed E-state index contributed by atoms with van der Waals surface area (Å²) < 4.78 is 22.6. The van der Waals surface area contributed by atoms with Gasteiger partial charge in [-0.15, -0.1) is 0 Å². The topological polar surface area (TPSA) is 29.5 Å². The Bertz CT molecular complexity index is 414. The van der Waals surface area contributed by atoms with Gasteiger partial charge in [0.05, 0.1) is 0 Å². The SMILES string of the molecule is CCCCN(CCCC)[As](=O)(OCCC)c1ccccc1. The van der Waals surface area contributed by atoms with E-state index in [1.165, 1.54) is 0 Å². The molecule has 0 aliphatic carbocycles. The standard InChI is InChI=1S/C17H30AsNO2/c1-4-7-14-19(15-8-5-2)18(20,21-16-6-3)17-12-10-9-11-13-17/h9-13H,4-8,14-16H2,1-3H3. The van der Waals surface area contributed by atoms with E-state index in [0.717, 1.165) is 49.5 Å². The van der Waals surface area contributed by atoms with Crippen LogP contribution in [0.4, 0.5) is 0 Å². The number of benzene rings is 1. The van der Waals surface area contributed by atoms with Crippen LogP contribution in [0.15, 0.2) is 30.3 Å². The molecule has 0 aromatic heterocycles. The van der Waals surface area contributed by atoms with Gasteiger partial charge in [0.2, 0.25) is 0 Å². The fourth-order valence-corrected chi connectivity index (χ4v) is 7.30. The van der Waals surface area contributed by atoms with Gasteiger partial charge in [-0.3, -0.25) is 0 Å². The van der Waals surface area contributed by atoms with Gasteiger partial charge < -0.3 is 0 Å². The van der Waals surface area contributed by atoms with Crippen molar-refractivity contribution in [3.63, 3.8) is 0 Å². The van der Waals surface area contributed by atoms with Crippen molar-refractivity contribution >= 4 is 18.4 Å². The zero-order valence-electron chi connectivity index (χ0n) is 13.8. The Labute approximate surface area is 132 Å². The van der Waals surface area contributed by atoms with E-state index in [4.69, 9.17) is 3.73 Å². The number of nitrogens with zero attached hydrogens (tertiary/aromatic N) is 1. The van der Waals surface area contributed by atoms with Crippen molar-refractivity contribution in [1.29, 1.82) is 0 Å². The molecular weight excluding hydrogens is 325 g/mol. The maximum absolute atomic E-state index is 13.7. The fraction of sp³-hybridized carbons (Fsp3) is 0.647. The van der Waals surface area contributed by atoms with Crippen molar-refractivity contribution < 1.29 is 7.47 Å². The van der Waals surface area contributed by atoms with E-state index < -0.39 is 14.1 Å². The molecule has 1 aromatic carbocycles. The van der Waals surface area contributed by atoms with Crippen LogP contribution in [0.3, 0.4) is 0 Å². The van der Waals surface area contributed by atoms with Gasteiger partial charge in [-0.2, -0.15) is 0 Å². The zero-order valence-corrected chi connectivity index (χ0v) is 15.6. The summed E-state index contributed by atoms with van der Waals surface area (Å²) in [5.41, 5.74) is 0. The van der Waals surface area contributed by atoms with Crippen LogP contribution in [0.2, 0.25) is 0 Å². The van der Waals surface area contributed by atoms with Gasteiger partial charge in [-0.05, 0) is 0 Å². The van der Waals surface area contributed by atoms with Crippen molar-refractivity contribution in [2.75, 3.05) is 19.7 Å². The van der Waals surface area contributed by atoms with Gasteiger partial charge in [-0.1, -0.05) is 0 Å². The Kier molecular flexibility index (Phi) is 9.06. The van der Waals surface area contributed by atoms with Crippen molar-refractivity contribution in [2.45, 2.75) is 52.9 Å². The monoisotopic (exact) mass is 355 g/mol. The summed E-state index contributed by atoms with van der Waals surface area (Å²) in [7, 11) is 0. The van der Waals surface area contributed by atoms with E-state index >= 15 is 0 Å². The van der Waals surface area contributed by atoms with Crippen LogP contribution in [0.5, 0.6) is 0 Å². The number of rotatable bonds is 11. The molecule has 0 heterocycles. The first-order valence-electron chi connectivity index (χ1n) is 8.24. The first kappa shape index (κ1) is 18.5. The molecule has 0 fully saturated rings. The predicted octanol–water partition coefficient (Wildman–Crippen LogP) is 3.59. The maximum atomic E-state index is 13.7. The van der Waals surface area contributed by atoms with E-state index in [0.29, 0.717) is 6.61 Å². The number of unbranched alkanes of at least 4 members (excludes halogenated alkanes) is 2. The van der Waals surface area contributed by atoms with Gasteiger partial charge >= 0.3 is 133 Å². The van der Waals surface area contributed by atoms with Crippen LogP contribution in [0.1, 0.15) is 52.9 Å². The van der Waals surface area contributed by atoms with E-state index in [1.54, 1.807) is 0 Å². The molecule has 0 aliphatic rings. The first-order chi connectivity index (χ1) is 10.2. The summed E-state index contributed by atoms with van der Waals surface area (Å²) in [5, 5.41) is 0. The molecule has 1 unspecified atom stereocenters. The number of hydrogen-bond donors (Lipinski definition) is 0. The molecule has 120 valence electrons. The van der Waals surface area contributed by atoms with E-state index in [9.17, 15) is 3.74 Å². The van der Waals surface area contributed by atoms with Gasteiger partial charge in [-0.25, -0.2) is 0 Å². The molecule has 0 aliphatic heterocycles. The minimum atomic E-state index is -3.67. The van der Waals surface area contributed by atoms with Crippen LogP contribution in [-0.2, 0) is 7.47 Å². The van der Waals surface area contributed by atoms with Gasteiger partial charge in [0.15, 0.2) is 0 Å². The van der Waals surface area contributed by atoms with E-state index in [1.807, 2.05) is 30.3 Å². The third-order valence-corrected chi connectivity index (χ3v) is 8.98. The second-order valence-corrected chi connectivity index (χ2v) is 10.3. The van der Waals surface area contributed by atoms with Crippen LogP contribution < -0.4 is 4.35 Å². The summed E-state index contributed by atoms with van der Waals surface area (Å²) in [6.45, 7) is 8.71. The molecular formula is C17H30AsNO2. The van der Waals surface area contributed by atoms with E-state index in [2.05, 4.69) is 24.6 Å². The molecule has 1 atom stereocenters. The summed E-state index contributed by atoms with van der Waals surface area (Å²) in [5.74, 6) is 0. The summed E-state index contributed by atoms with van der Waals surface area (Å²) in [6.07, 6.45) is 5.25. The van der Waals surface area contributed by atoms with Crippen molar-refractivity contribution in [3.05, 3.63) is 30.3 Å². The molecule has 0 spiro atoms. The minimum absolute atomic E-state index is 0.570. The molecule has 0 radical (unpaired) electrons. The van der Waals surface area contributed by atoms with Crippen LogP contribution in [0.25, 0.3) is 0 Å². The second-order valence-electron chi connectivity index (χ2n) is 5.35. The number of hydrogen-bond acceptors (Lipinski definition) is 2. The molecule has 1 aromatic rings. The molecule has 0 saturated carbocycles. The van der Waals surface area contributed by atoms with Crippen LogP contribution in [0, 0.1) is 0 Å². The summed E-state index contributed by atoms with van der Waals surface area (Å²) in [6, 6.07) is 9.79. The fourth-order valence-electron chi connectivity index (χ4n) is 2.21. The molecule has 3 nitrogen and oxygen atoms in total. The van der Waals surface area contributed by atoms with Crippen molar-refractivity contribution in [3.8, 4) is 0 Å².